The summed E-state index contributed by atoms with van der Waals surface area (Å²) in [5.74, 6) is -14.2. The minimum atomic E-state index is -2.31. The van der Waals surface area contributed by atoms with Gasteiger partial charge in [-0.2, -0.15) is 8.78 Å². The molecule has 3 aromatic carbocycles. The van der Waals surface area contributed by atoms with Crippen LogP contribution in [0.2, 0.25) is 0 Å². The van der Waals surface area contributed by atoms with Crippen LogP contribution in [0.1, 0.15) is 46.8 Å². The normalized spacial score (nSPS) is 15.5. The SMILES string of the molecule is C=CCOC(=O)c1cc(C[N-]Oc2ccc(COC)cc2COC(=O)O)ccc1OC1CC(OC(C)=O)CC(C(=O)OC)O1.O=COc1c(F)c(F)c(F)c(F)c1F.[Y]. The standard InChI is InChI=1S/C30H34NO13.C7HF5O2.Y/c1-5-10-39-28(33)23-12-19(15-31-44-24-8-7-20(16-37-3)11-21(24)17-40-30(35)36)6-9-25(23)42-27-14-22(41-18(2)32)13-26(43-27)29(34)38-4;8-2-3(9)5(11)7(14-1-13)6(12)4(2)10;/h5-9,11-12,22,26-27H,1,10,13-17H2,2-4H3,(H,35,36);1H;/q-1;;. The summed E-state index contributed by atoms with van der Waals surface area (Å²) in [7, 11) is 2.74. The molecule has 22 heteroatoms. The van der Waals surface area contributed by atoms with E-state index in [9.17, 15) is 45.9 Å². The Bertz CT molecular complexity index is 1940. The van der Waals surface area contributed by atoms with Crippen molar-refractivity contribution in [3.8, 4) is 17.2 Å². The van der Waals surface area contributed by atoms with Crippen LogP contribution >= 0.6 is 0 Å². The van der Waals surface area contributed by atoms with E-state index in [0.717, 1.165) is 5.56 Å². The zero-order valence-electron chi connectivity index (χ0n) is 31.4. The molecule has 1 aliphatic rings. The third-order valence-electron chi connectivity index (χ3n) is 7.43. The Hall–Kier alpha value is -5.22. The Morgan fingerprint density at radius 1 is 0.898 bits per heavy atom. The van der Waals surface area contributed by atoms with Gasteiger partial charge in [-0.05, 0) is 29.8 Å². The van der Waals surface area contributed by atoms with Crippen molar-refractivity contribution in [2.45, 2.75) is 58.0 Å². The number of benzene rings is 3. The van der Waals surface area contributed by atoms with Crippen LogP contribution in [0.15, 0.2) is 49.1 Å². The number of hydroxylamine groups is 1. The van der Waals surface area contributed by atoms with Gasteiger partial charge in [0, 0.05) is 65.1 Å². The summed E-state index contributed by atoms with van der Waals surface area (Å²) < 4.78 is 103. The Kier molecular flexibility index (Phi) is 20.9. The van der Waals surface area contributed by atoms with Gasteiger partial charge in [-0.1, -0.05) is 36.9 Å². The first kappa shape index (κ1) is 49.9. The van der Waals surface area contributed by atoms with Crippen LogP contribution in [0.4, 0.5) is 26.7 Å². The molecule has 1 aliphatic heterocycles. The second-order valence-electron chi connectivity index (χ2n) is 11.5. The van der Waals surface area contributed by atoms with E-state index in [2.05, 4.69) is 21.5 Å². The van der Waals surface area contributed by atoms with Crippen LogP contribution in [-0.4, -0.2) is 75.0 Å². The monoisotopic (exact) mass is 917 g/mol. The minimum absolute atomic E-state index is 0. The van der Waals surface area contributed by atoms with Crippen LogP contribution in [-0.2, 0) is 95.3 Å². The quantitative estimate of drug-likeness (QED) is 0.0236. The fourth-order valence-corrected chi connectivity index (χ4v) is 4.97. The predicted molar refractivity (Wildman–Crippen MR) is 184 cm³/mol. The molecule has 1 saturated heterocycles. The van der Waals surface area contributed by atoms with Gasteiger partial charge in [0.25, 0.3) is 6.47 Å². The maximum atomic E-state index is 12.9. The summed E-state index contributed by atoms with van der Waals surface area (Å²) in [6, 6.07) is 9.67. The van der Waals surface area contributed by atoms with Crippen LogP contribution in [0, 0.1) is 29.1 Å². The average molecular weight is 918 g/mol. The third-order valence-corrected chi connectivity index (χ3v) is 7.43. The molecule has 0 spiro atoms. The molecule has 0 aromatic heterocycles. The molecule has 16 nitrogen and oxygen atoms in total. The summed E-state index contributed by atoms with van der Waals surface area (Å²) in [4.78, 5) is 62.8. The van der Waals surface area contributed by atoms with Crippen LogP contribution in [0.3, 0.4) is 0 Å². The van der Waals surface area contributed by atoms with Crippen molar-refractivity contribution in [3.05, 3.63) is 106 Å². The molecule has 0 saturated carbocycles. The molecule has 59 heavy (non-hydrogen) atoms. The third kappa shape index (κ3) is 14.8. The number of ether oxygens (including phenoxy) is 8. The molecule has 317 valence electrons. The summed E-state index contributed by atoms with van der Waals surface area (Å²) in [5.41, 5.74) is 5.88. The van der Waals surface area contributed by atoms with Gasteiger partial charge in [-0.3, -0.25) is 9.59 Å². The summed E-state index contributed by atoms with van der Waals surface area (Å²) in [6.45, 7) is 4.32. The van der Waals surface area contributed by atoms with Crippen molar-refractivity contribution in [1.29, 1.82) is 0 Å². The molecule has 4 rings (SSSR count). The van der Waals surface area contributed by atoms with E-state index >= 15 is 0 Å². The molecular formula is C37H35F5NO15Y-. The number of nitrogens with zero attached hydrogens (tertiary/aromatic N) is 1. The van der Waals surface area contributed by atoms with Gasteiger partial charge >= 0.3 is 24.1 Å². The first-order valence-corrected chi connectivity index (χ1v) is 16.5. The molecule has 3 unspecified atom stereocenters. The Morgan fingerprint density at radius 3 is 2.14 bits per heavy atom. The summed E-state index contributed by atoms with van der Waals surface area (Å²) in [6.07, 6.45) is -2.65. The van der Waals surface area contributed by atoms with E-state index in [1.165, 1.54) is 39.4 Å². The Balaban J connectivity index is 0.000000676. The largest absolute Gasteiger partial charge is 0.587 e. The topological polar surface area (TPSA) is 203 Å². The van der Waals surface area contributed by atoms with Crippen molar-refractivity contribution >= 4 is 30.5 Å². The maximum Gasteiger partial charge on any atom is 0.506 e. The van der Waals surface area contributed by atoms with Crippen molar-refractivity contribution < 1.29 is 126 Å². The predicted octanol–water partition coefficient (Wildman–Crippen LogP) is 6.14. The fraction of sp³-hybridized carbons (Fsp3) is 0.324. The molecule has 1 N–H and O–H groups in total. The number of rotatable bonds is 17. The fourth-order valence-electron chi connectivity index (χ4n) is 4.97. The van der Waals surface area contributed by atoms with E-state index in [1.807, 2.05) is 0 Å². The Morgan fingerprint density at radius 2 is 1.54 bits per heavy atom. The molecule has 1 radical (unpaired) electrons. The van der Waals surface area contributed by atoms with Gasteiger partial charge in [-0.15, -0.1) is 0 Å². The molecule has 0 bridgehead atoms. The maximum absolute atomic E-state index is 12.9. The van der Waals surface area contributed by atoms with Crippen molar-refractivity contribution in [3.63, 3.8) is 0 Å². The molecule has 3 atom stereocenters. The van der Waals surface area contributed by atoms with Gasteiger partial charge < -0.3 is 53.3 Å². The first-order chi connectivity index (χ1) is 27.6. The zero-order chi connectivity index (χ0) is 42.9. The number of hydrogen-bond donors (Lipinski definition) is 1. The minimum Gasteiger partial charge on any atom is -0.587 e. The van der Waals surface area contributed by atoms with Gasteiger partial charge in [0.1, 0.15) is 36.4 Å². The molecule has 0 aliphatic carbocycles. The number of halogens is 5. The number of esters is 3. The van der Waals surface area contributed by atoms with Gasteiger partial charge in [0.2, 0.25) is 41.1 Å². The van der Waals surface area contributed by atoms with E-state index in [-0.39, 0.29) is 82.4 Å². The van der Waals surface area contributed by atoms with Crippen LogP contribution in [0.5, 0.6) is 17.2 Å². The average Bonchev–Trinajstić information content (AvgIpc) is 3.20. The number of carbonyl (C=O) groups excluding carboxylic acids is 4. The van der Waals surface area contributed by atoms with Gasteiger partial charge in [0.15, 0.2) is 6.10 Å². The first-order valence-electron chi connectivity index (χ1n) is 16.5. The molecule has 0 amide bonds. The van der Waals surface area contributed by atoms with Crippen LogP contribution in [0.25, 0.3) is 5.48 Å². The van der Waals surface area contributed by atoms with Crippen LogP contribution < -0.4 is 14.3 Å². The van der Waals surface area contributed by atoms with Gasteiger partial charge in [-0.25, -0.2) is 27.6 Å². The molecule has 1 heterocycles. The van der Waals surface area contributed by atoms with Crippen molar-refractivity contribution in [2.24, 2.45) is 0 Å². The number of hydrogen-bond acceptors (Lipinski definition) is 14. The zero-order valence-corrected chi connectivity index (χ0v) is 34.2. The second kappa shape index (κ2) is 24.6. The van der Waals surface area contributed by atoms with E-state index in [0.29, 0.717) is 17.7 Å². The Labute approximate surface area is 357 Å². The van der Waals surface area contributed by atoms with Crippen molar-refractivity contribution in [2.75, 3.05) is 20.8 Å². The summed E-state index contributed by atoms with van der Waals surface area (Å²) in [5, 5.41) is 8.90. The van der Waals surface area contributed by atoms with E-state index in [4.69, 9.17) is 38.4 Å². The molecule has 3 aromatic rings. The second-order valence-corrected chi connectivity index (χ2v) is 11.5. The number of methoxy groups -OCH3 is 2. The van der Waals surface area contributed by atoms with Crippen molar-refractivity contribution in [1.82, 2.24) is 0 Å². The number of carbonyl (C=O) groups is 5. The molecule has 1 fully saturated rings. The smallest absolute Gasteiger partial charge is 0.506 e. The molecular weight excluding hydrogens is 882 g/mol. The van der Waals surface area contributed by atoms with E-state index < -0.39 is 83.9 Å². The van der Waals surface area contributed by atoms with Gasteiger partial charge in [0.05, 0.1) is 13.7 Å². The van der Waals surface area contributed by atoms with E-state index in [1.54, 1.807) is 24.3 Å². The number of carboxylic acid groups (broad SMARTS) is 1. The summed E-state index contributed by atoms with van der Waals surface area (Å²) >= 11 is 0.